The van der Waals surface area contributed by atoms with Gasteiger partial charge < -0.3 is 5.11 Å². The quantitative estimate of drug-likeness (QED) is 0.837. The zero-order chi connectivity index (χ0) is 13.4. The number of benzene rings is 1. The van der Waals surface area contributed by atoms with Gasteiger partial charge in [0, 0.05) is 19.1 Å². The number of nitrogens with zero attached hydrogens (tertiary/aromatic N) is 1. The molecule has 1 fully saturated rings. The molecule has 3 unspecified atom stereocenters. The van der Waals surface area contributed by atoms with E-state index in [2.05, 4.69) is 24.8 Å². The monoisotopic (exact) mass is 259 g/mol. The van der Waals surface area contributed by atoms with Gasteiger partial charge in [0.2, 0.25) is 0 Å². The molecule has 0 saturated carbocycles. The van der Waals surface area contributed by atoms with Crippen molar-refractivity contribution in [1.29, 1.82) is 0 Å². The number of rotatable bonds is 1. The highest BCUT2D eigenvalue weighted by Gasteiger charge is 2.30. The van der Waals surface area contributed by atoms with Crippen LogP contribution in [0.2, 0.25) is 0 Å². The number of phenolic OH excluding ortho intramolecular Hbond substituents is 1. The third-order valence-corrected chi connectivity index (χ3v) is 4.85. The molecule has 3 atom stereocenters. The number of phenols is 1. The molecule has 0 aromatic heterocycles. The van der Waals surface area contributed by atoms with Gasteiger partial charge in [-0.25, -0.2) is 0 Å². The summed E-state index contributed by atoms with van der Waals surface area (Å²) >= 11 is 0. The number of likely N-dealkylation sites (tertiary alicyclic amines) is 1. The summed E-state index contributed by atoms with van der Waals surface area (Å²) in [5.41, 5.74) is 2.55. The summed E-state index contributed by atoms with van der Waals surface area (Å²) in [6, 6.07) is 6.61. The maximum Gasteiger partial charge on any atom is 0.119 e. The van der Waals surface area contributed by atoms with Crippen LogP contribution in [0.5, 0.6) is 5.75 Å². The molecule has 1 aromatic rings. The molecule has 1 saturated heterocycles. The van der Waals surface area contributed by atoms with Gasteiger partial charge in [0.1, 0.15) is 5.75 Å². The lowest BCUT2D eigenvalue weighted by atomic mass is 9.84. The lowest BCUT2D eigenvalue weighted by Gasteiger charge is -2.42. The van der Waals surface area contributed by atoms with Crippen LogP contribution in [0.1, 0.15) is 37.8 Å². The highest BCUT2D eigenvalue weighted by Crippen LogP contribution is 2.33. The van der Waals surface area contributed by atoms with Gasteiger partial charge in [-0.05, 0) is 54.7 Å². The minimum atomic E-state index is 0.500. The second kappa shape index (κ2) is 5.16. The first-order valence-corrected chi connectivity index (χ1v) is 7.67. The van der Waals surface area contributed by atoms with E-state index in [9.17, 15) is 5.11 Å². The molecule has 0 amide bonds. The van der Waals surface area contributed by atoms with Gasteiger partial charge >= 0.3 is 0 Å². The minimum Gasteiger partial charge on any atom is -0.508 e. The fourth-order valence-corrected chi connectivity index (χ4v) is 4.07. The van der Waals surface area contributed by atoms with E-state index in [1.807, 2.05) is 12.1 Å². The maximum absolute atomic E-state index is 10.1. The Labute approximate surface area is 116 Å². The van der Waals surface area contributed by atoms with Crippen molar-refractivity contribution < 1.29 is 5.11 Å². The fourth-order valence-electron chi connectivity index (χ4n) is 4.07. The summed E-state index contributed by atoms with van der Waals surface area (Å²) in [4.78, 5) is 2.67. The van der Waals surface area contributed by atoms with Crippen molar-refractivity contribution in [3.05, 3.63) is 29.3 Å². The predicted octanol–water partition coefficient (Wildman–Crippen LogP) is 3.23. The van der Waals surface area contributed by atoms with Gasteiger partial charge in [0.05, 0.1) is 0 Å². The van der Waals surface area contributed by atoms with Crippen molar-refractivity contribution in [2.24, 2.45) is 11.8 Å². The molecule has 1 aromatic carbocycles. The summed E-state index contributed by atoms with van der Waals surface area (Å²) in [5.74, 6) is 2.13. The summed E-state index contributed by atoms with van der Waals surface area (Å²) in [6.07, 6.45) is 4.76. The Bertz CT molecular complexity index is 447. The first kappa shape index (κ1) is 13.0. The average molecular weight is 259 g/mol. The van der Waals surface area contributed by atoms with Crippen molar-refractivity contribution >= 4 is 0 Å². The molecule has 1 aliphatic carbocycles. The zero-order valence-corrected chi connectivity index (χ0v) is 12.1. The lowest BCUT2D eigenvalue weighted by molar-refractivity contribution is 0.0875. The molecule has 1 aliphatic heterocycles. The molecule has 3 rings (SSSR count). The largest absolute Gasteiger partial charge is 0.508 e. The van der Waals surface area contributed by atoms with Gasteiger partial charge in [0.15, 0.2) is 0 Å². The molecule has 2 aliphatic rings. The van der Waals surface area contributed by atoms with Crippen molar-refractivity contribution in [3.8, 4) is 5.75 Å². The Morgan fingerprint density at radius 1 is 1.16 bits per heavy atom. The van der Waals surface area contributed by atoms with Crippen LogP contribution in [0.15, 0.2) is 18.2 Å². The van der Waals surface area contributed by atoms with Gasteiger partial charge in [-0.1, -0.05) is 26.0 Å². The minimum absolute atomic E-state index is 0.500. The Hall–Kier alpha value is -1.02. The first-order valence-electron chi connectivity index (χ1n) is 7.67. The van der Waals surface area contributed by atoms with E-state index in [1.54, 1.807) is 0 Å². The molecule has 0 radical (unpaired) electrons. The van der Waals surface area contributed by atoms with Crippen LogP contribution in [0.4, 0.5) is 0 Å². The predicted molar refractivity (Wildman–Crippen MR) is 78.4 cm³/mol. The van der Waals surface area contributed by atoms with E-state index < -0.39 is 0 Å². The Kier molecular flexibility index (Phi) is 3.53. The Morgan fingerprint density at radius 3 is 2.63 bits per heavy atom. The van der Waals surface area contributed by atoms with E-state index >= 15 is 0 Å². The second-order valence-electron chi connectivity index (χ2n) is 6.71. The molecule has 0 spiro atoms. The smallest absolute Gasteiger partial charge is 0.119 e. The third-order valence-electron chi connectivity index (χ3n) is 4.85. The molecule has 1 heterocycles. The lowest BCUT2D eigenvalue weighted by Crippen LogP contribution is -2.47. The van der Waals surface area contributed by atoms with E-state index in [0.717, 1.165) is 24.7 Å². The molecular formula is C17H25NO. The topological polar surface area (TPSA) is 23.5 Å². The van der Waals surface area contributed by atoms with Crippen LogP contribution in [-0.2, 0) is 12.8 Å². The van der Waals surface area contributed by atoms with Crippen LogP contribution >= 0.6 is 0 Å². The van der Waals surface area contributed by atoms with Crippen LogP contribution in [0, 0.1) is 11.8 Å². The molecule has 2 heteroatoms. The van der Waals surface area contributed by atoms with Gasteiger partial charge in [-0.15, -0.1) is 0 Å². The second-order valence-corrected chi connectivity index (χ2v) is 6.71. The van der Waals surface area contributed by atoms with Crippen LogP contribution < -0.4 is 0 Å². The summed E-state index contributed by atoms with van der Waals surface area (Å²) in [6.45, 7) is 7.21. The van der Waals surface area contributed by atoms with Gasteiger partial charge in [-0.3, -0.25) is 4.90 Å². The third kappa shape index (κ3) is 2.64. The van der Waals surface area contributed by atoms with Crippen LogP contribution in [-0.4, -0.2) is 29.1 Å². The van der Waals surface area contributed by atoms with Crippen LogP contribution in [0.3, 0.4) is 0 Å². The molecular weight excluding hydrogens is 234 g/mol. The normalized spacial score (nSPS) is 32.0. The molecule has 19 heavy (non-hydrogen) atoms. The summed E-state index contributed by atoms with van der Waals surface area (Å²) < 4.78 is 0. The number of hydrogen-bond donors (Lipinski definition) is 1. The van der Waals surface area contributed by atoms with Crippen molar-refractivity contribution in [1.82, 2.24) is 4.90 Å². The fraction of sp³-hybridized carbons (Fsp3) is 0.647. The first-order chi connectivity index (χ1) is 9.13. The van der Waals surface area contributed by atoms with E-state index in [0.29, 0.717) is 11.8 Å². The van der Waals surface area contributed by atoms with E-state index in [-0.39, 0.29) is 0 Å². The van der Waals surface area contributed by atoms with Crippen molar-refractivity contribution in [2.45, 2.75) is 45.6 Å². The van der Waals surface area contributed by atoms with Crippen LogP contribution in [0.25, 0.3) is 0 Å². The maximum atomic E-state index is 10.1. The highest BCUT2D eigenvalue weighted by atomic mass is 16.3. The SMILES string of the molecule is CC1CC(C)CN(C2CCc3cccc(O)c3C2)C1. The Balaban J connectivity index is 1.76. The molecule has 1 N–H and O–H groups in total. The van der Waals surface area contributed by atoms with Crippen molar-refractivity contribution in [2.75, 3.05) is 13.1 Å². The Morgan fingerprint density at radius 2 is 1.89 bits per heavy atom. The molecule has 2 nitrogen and oxygen atoms in total. The zero-order valence-electron chi connectivity index (χ0n) is 12.1. The number of aromatic hydroxyl groups is 1. The van der Waals surface area contributed by atoms with E-state index in [4.69, 9.17) is 0 Å². The average Bonchev–Trinajstić information content (AvgIpc) is 2.38. The number of aryl methyl sites for hydroxylation is 1. The standard InChI is InChI=1S/C17H25NO/c1-12-8-13(2)11-18(10-12)15-7-6-14-4-3-5-17(19)16(14)9-15/h3-5,12-13,15,19H,6-11H2,1-2H3. The highest BCUT2D eigenvalue weighted by molar-refractivity contribution is 5.41. The summed E-state index contributed by atoms with van der Waals surface area (Å²) in [7, 11) is 0. The molecule has 104 valence electrons. The van der Waals surface area contributed by atoms with Gasteiger partial charge in [-0.2, -0.15) is 0 Å². The van der Waals surface area contributed by atoms with Gasteiger partial charge in [0.25, 0.3) is 0 Å². The number of fused-ring (bicyclic) bond motifs is 1. The van der Waals surface area contributed by atoms with E-state index in [1.165, 1.54) is 37.1 Å². The summed E-state index contributed by atoms with van der Waals surface area (Å²) in [5, 5.41) is 10.1. The number of hydrogen-bond acceptors (Lipinski definition) is 2. The van der Waals surface area contributed by atoms with Crippen molar-refractivity contribution in [3.63, 3.8) is 0 Å². The molecule has 0 bridgehead atoms. The number of piperidine rings is 1.